The van der Waals surface area contributed by atoms with E-state index in [1.807, 2.05) is 15.2 Å². The Morgan fingerprint density at radius 3 is 2.40 bits per heavy atom. The molecule has 35 heavy (non-hydrogen) atoms. The van der Waals surface area contributed by atoms with Crippen molar-refractivity contribution in [2.24, 2.45) is 0 Å². The summed E-state index contributed by atoms with van der Waals surface area (Å²) < 4.78 is 13.1. The van der Waals surface area contributed by atoms with Gasteiger partial charge in [0.25, 0.3) is 5.91 Å². The van der Waals surface area contributed by atoms with E-state index in [-0.39, 0.29) is 30.0 Å². The molecule has 0 bridgehead atoms. The van der Waals surface area contributed by atoms with E-state index < -0.39 is 0 Å². The predicted octanol–water partition coefficient (Wildman–Crippen LogP) is 2.98. The van der Waals surface area contributed by atoms with Crippen LogP contribution in [0, 0.1) is 5.82 Å². The van der Waals surface area contributed by atoms with E-state index in [4.69, 9.17) is 0 Å². The molecule has 2 aliphatic rings. The normalized spacial score (nSPS) is 17.0. The van der Waals surface area contributed by atoms with E-state index in [1.54, 1.807) is 30.7 Å². The second-order valence-corrected chi connectivity index (χ2v) is 9.76. The zero-order valence-corrected chi connectivity index (χ0v) is 20.2. The number of hydrogen-bond acceptors (Lipinski definition) is 7. The number of piperazine rings is 1. The minimum atomic E-state index is -0.299. The molecule has 182 valence electrons. The Bertz CT molecular complexity index is 1160. The van der Waals surface area contributed by atoms with Gasteiger partial charge in [0, 0.05) is 63.0 Å². The number of rotatable bonds is 5. The molecule has 2 aromatic heterocycles. The number of carbonyl (C=O) groups excluding carboxylic acids is 2. The van der Waals surface area contributed by atoms with Gasteiger partial charge in [-0.3, -0.25) is 14.6 Å². The monoisotopic (exact) mass is 494 g/mol. The van der Waals surface area contributed by atoms with Crippen LogP contribution in [0.4, 0.5) is 10.2 Å². The topological polar surface area (TPSA) is 82.5 Å². The minimum Gasteiger partial charge on any atom is -0.352 e. The van der Waals surface area contributed by atoms with E-state index in [1.165, 1.54) is 23.5 Å². The number of carbonyl (C=O) groups is 2. The second kappa shape index (κ2) is 10.5. The Morgan fingerprint density at radius 2 is 1.71 bits per heavy atom. The summed E-state index contributed by atoms with van der Waals surface area (Å²) in [5.41, 5.74) is 1.33. The molecule has 0 aliphatic carbocycles. The Morgan fingerprint density at radius 1 is 0.971 bits per heavy atom. The summed E-state index contributed by atoms with van der Waals surface area (Å²) in [4.78, 5) is 44.7. The van der Waals surface area contributed by atoms with E-state index in [0.29, 0.717) is 45.0 Å². The highest BCUT2D eigenvalue weighted by Crippen LogP contribution is 2.31. The second-order valence-electron chi connectivity index (χ2n) is 8.87. The molecule has 4 heterocycles. The molecule has 8 nitrogen and oxygen atoms in total. The standard InChI is InChI=1S/C25H27FN6O2S/c26-20-3-1-18(2-4-20)15-23(33)31-9-5-19(6-10-31)24-29-21(17-35-24)25(34)32-13-11-30(12-14-32)22-16-27-7-8-28-22/h1-4,7-8,16-17,19H,5-6,9-15H2. The van der Waals surface area contributed by atoms with Gasteiger partial charge >= 0.3 is 0 Å². The van der Waals surface area contributed by atoms with Crippen LogP contribution in [0.3, 0.4) is 0 Å². The number of hydrogen-bond donors (Lipinski definition) is 0. The lowest BCUT2D eigenvalue weighted by Crippen LogP contribution is -2.49. The highest BCUT2D eigenvalue weighted by Gasteiger charge is 2.28. The number of anilines is 1. The SMILES string of the molecule is O=C(Cc1ccc(F)cc1)N1CCC(c2nc(C(=O)N3CCN(c4cnccn4)CC3)cs2)CC1. The van der Waals surface area contributed by atoms with Crippen LogP contribution in [0.5, 0.6) is 0 Å². The molecule has 3 aromatic rings. The third-order valence-electron chi connectivity index (χ3n) is 6.65. The first kappa shape index (κ1) is 23.3. The average molecular weight is 495 g/mol. The van der Waals surface area contributed by atoms with Gasteiger partial charge in [-0.2, -0.15) is 0 Å². The lowest BCUT2D eigenvalue weighted by Gasteiger charge is -2.34. The van der Waals surface area contributed by atoms with Crippen molar-refractivity contribution >= 4 is 29.0 Å². The van der Waals surface area contributed by atoms with E-state index in [9.17, 15) is 14.0 Å². The largest absolute Gasteiger partial charge is 0.352 e. The summed E-state index contributed by atoms with van der Waals surface area (Å²) >= 11 is 1.53. The number of aromatic nitrogens is 3. The number of amides is 2. The van der Waals surface area contributed by atoms with Crippen molar-refractivity contribution in [1.29, 1.82) is 0 Å². The summed E-state index contributed by atoms with van der Waals surface area (Å²) in [5.74, 6) is 0.819. The molecule has 0 spiro atoms. The van der Waals surface area contributed by atoms with Crippen LogP contribution in [0.25, 0.3) is 0 Å². The molecule has 0 radical (unpaired) electrons. The van der Waals surface area contributed by atoms with Crippen molar-refractivity contribution in [1.82, 2.24) is 24.8 Å². The Kier molecular flexibility index (Phi) is 6.98. The van der Waals surface area contributed by atoms with E-state index >= 15 is 0 Å². The summed E-state index contributed by atoms with van der Waals surface area (Å²) in [7, 11) is 0. The fourth-order valence-corrected chi connectivity index (χ4v) is 5.56. The molecule has 0 atom stereocenters. The lowest BCUT2D eigenvalue weighted by atomic mass is 9.97. The van der Waals surface area contributed by atoms with Gasteiger partial charge in [-0.1, -0.05) is 12.1 Å². The van der Waals surface area contributed by atoms with Crippen molar-refractivity contribution in [2.45, 2.75) is 25.2 Å². The van der Waals surface area contributed by atoms with E-state index in [0.717, 1.165) is 29.2 Å². The summed E-state index contributed by atoms with van der Waals surface area (Å²) in [6.07, 6.45) is 7.01. The zero-order chi connectivity index (χ0) is 24.2. The van der Waals surface area contributed by atoms with Crippen LogP contribution < -0.4 is 4.90 Å². The van der Waals surface area contributed by atoms with Gasteiger partial charge < -0.3 is 14.7 Å². The number of thiazole rings is 1. The number of halogens is 1. The van der Waals surface area contributed by atoms with E-state index in [2.05, 4.69) is 19.9 Å². The minimum absolute atomic E-state index is 0.0294. The van der Waals surface area contributed by atoms with Crippen molar-refractivity contribution < 1.29 is 14.0 Å². The third kappa shape index (κ3) is 5.48. The molecule has 1 aromatic carbocycles. The molecule has 10 heteroatoms. The molecule has 0 saturated carbocycles. The molecule has 2 fully saturated rings. The third-order valence-corrected chi connectivity index (χ3v) is 7.65. The first-order chi connectivity index (χ1) is 17.1. The smallest absolute Gasteiger partial charge is 0.273 e. The van der Waals surface area contributed by atoms with Gasteiger partial charge in [-0.25, -0.2) is 14.4 Å². The summed E-state index contributed by atoms with van der Waals surface area (Å²) in [6.45, 7) is 4.00. The maximum atomic E-state index is 13.1. The number of piperidine rings is 1. The number of likely N-dealkylation sites (tertiary alicyclic amines) is 1. The van der Waals surface area contributed by atoms with Crippen molar-refractivity contribution in [3.63, 3.8) is 0 Å². The van der Waals surface area contributed by atoms with Crippen molar-refractivity contribution in [2.75, 3.05) is 44.2 Å². The molecule has 2 saturated heterocycles. The molecule has 2 aliphatic heterocycles. The maximum Gasteiger partial charge on any atom is 0.273 e. The molecular formula is C25H27FN6O2S. The summed E-state index contributed by atoms with van der Waals surface area (Å²) in [6, 6.07) is 6.08. The predicted molar refractivity (Wildman–Crippen MR) is 131 cm³/mol. The number of benzene rings is 1. The van der Waals surface area contributed by atoms with Gasteiger partial charge in [-0.05, 0) is 30.5 Å². The number of nitrogens with zero attached hydrogens (tertiary/aromatic N) is 6. The lowest BCUT2D eigenvalue weighted by molar-refractivity contribution is -0.131. The van der Waals surface area contributed by atoms with Crippen LogP contribution in [0.15, 0.2) is 48.2 Å². The molecule has 5 rings (SSSR count). The van der Waals surface area contributed by atoms with Gasteiger partial charge in [-0.15, -0.1) is 11.3 Å². The van der Waals surface area contributed by atoms with Crippen LogP contribution in [0.2, 0.25) is 0 Å². The van der Waals surface area contributed by atoms with Gasteiger partial charge in [0.05, 0.1) is 17.6 Å². The Balaban J connectivity index is 1.11. The van der Waals surface area contributed by atoms with Gasteiger partial charge in [0.1, 0.15) is 17.3 Å². The molecule has 0 N–H and O–H groups in total. The molecular weight excluding hydrogens is 467 g/mol. The van der Waals surface area contributed by atoms with Crippen molar-refractivity contribution in [3.05, 3.63) is 70.3 Å². The van der Waals surface area contributed by atoms with Crippen LogP contribution in [0.1, 0.15) is 39.8 Å². The Labute approximate surface area is 207 Å². The highest BCUT2D eigenvalue weighted by molar-refractivity contribution is 7.09. The van der Waals surface area contributed by atoms with Crippen LogP contribution >= 0.6 is 11.3 Å². The van der Waals surface area contributed by atoms with Crippen LogP contribution in [-0.4, -0.2) is 75.8 Å². The van der Waals surface area contributed by atoms with Crippen LogP contribution in [-0.2, 0) is 11.2 Å². The quantitative estimate of drug-likeness (QED) is 0.542. The molecule has 0 unspecified atom stereocenters. The Hall–Kier alpha value is -3.40. The summed E-state index contributed by atoms with van der Waals surface area (Å²) in [5, 5.41) is 2.83. The molecule has 2 amide bonds. The average Bonchev–Trinajstić information content (AvgIpc) is 3.41. The fourth-order valence-electron chi connectivity index (χ4n) is 4.59. The highest BCUT2D eigenvalue weighted by atomic mass is 32.1. The van der Waals surface area contributed by atoms with Gasteiger partial charge in [0.15, 0.2) is 0 Å². The first-order valence-corrected chi connectivity index (χ1v) is 12.7. The zero-order valence-electron chi connectivity index (χ0n) is 19.3. The van der Waals surface area contributed by atoms with Crippen molar-refractivity contribution in [3.8, 4) is 0 Å². The maximum absolute atomic E-state index is 13.1. The fraction of sp³-hybridized carbons (Fsp3) is 0.400. The van der Waals surface area contributed by atoms with Gasteiger partial charge in [0.2, 0.25) is 5.91 Å². The first-order valence-electron chi connectivity index (χ1n) is 11.8.